The Bertz CT molecular complexity index is 372. The van der Waals surface area contributed by atoms with Gasteiger partial charge in [0.25, 0.3) is 0 Å². The van der Waals surface area contributed by atoms with Gasteiger partial charge in [-0.3, -0.25) is 0 Å². The molecule has 100 valence electrons. The Labute approximate surface area is 110 Å². The van der Waals surface area contributed by atoms with E-state index in [9.17, 15) is 0 Å². The van der Waals surface area contributed by atoms with E-state index in [2.05, 4.69) is 40.1 Å². The zero-order chi connectivity index (χ0) is 13.0. The van der Waals surface area contributed by atoms with Crippen LogP contribution in [0.4, 0.5) is 5.82 Å². The van der Waals surface area contributed by atoms with Crippen molar-refractivity contribution in [2.75, 3.05) is 24.5 Å². The molecule has 1 aliphatic heterocycles. The first-order chi connectivity index (χ1) is 8.66. The third-order valence-electron chi connectivity index (χ3n) is 3.62. The molecule has 0 atom stereocenters. The normalized spacial score (nSPS) is 17.1. The number of anilines is 1. The van der Waals surface area contributed by atoms with Crippen LogP contribution in [-0.2, 0) is 0 Å². The molecule has 0 spiro atoms. The van der Waals surface area contributed by atoms with Crippen LogP contribution in [0.25, 0.3) is 0 Å². The van der Waals surface area contributed by atoms with Crippen LogP contribution in [0, 0.1) is 12.8 Å². The van der Waals surface area contributed by atoms with Crippen molar-refractivity contribution in [1.82, 2.24) is 15.3 Å². The van der Waals surface area contributed by atoms with Gasteiger partial charge in [0.15, 0.2) is 0 Å². The molecular weight excluding hydrogens is 224 g/mol. The molecule has 0 radical (unpaired) electrons. The van der Waals surface area contributed by atoms with E-state index in [1.807, 2.05) is 6.92 Å². The summed E-state index contributed by atoms with van der Waals surface area (Å²) in [5.74, 6) is 1.85. The van der Waals surface area contributed by atoms with E-state index >= 15 is 0 Å². The molecule has 0 bridgehead atoms. The molecule has 1 fully saturated rings. The molecule has 2 heterocycles. The number of rotatable bonds is 4. The molecule has 1 N–H and O–H groups in total. The number of hydrogen-bond donors (Lipinski definition) is 1. The van der Waals surface area contributed by atoms with Gasteiger partial charge in [0.1, 0.15) is 12.1 Å². The molecular formula is C14H24N4. The lowest BCUT2D eigenvalue weighted by atomic mass is 9.97. The van der Waals surface area contributed by atoms with Crippen LogP contribution in [-0.4, -0.2) is 35.6 Å². The first-order valence-electron chi connectivity index (χ1n) is 6.93. The van der Waals surface area contributed by atoms with Crippen LogP contribution in [0.2, 0.25) is 0 Å². The highest BCUT2D eigenvalue weighted by atomic mass is 15.2. The Morgan fingerprint density at radius 3 is 2.67 bits per heavy atom. The summed E-state index contributed by atoms with van der Waals surface area (Å²) in [6.07, 6.45) is 4.21. The van der Waals surface area contributed by atoms with Crippen LogP contribution < -0.4 is 10.2 Å². The average Bonchev–Trinajstić information content (AvgIpc) is 2.37. The topological polar surface area (TPSA) is 41.0 Å². The van der Waals surface area contributed by atoms with Gasteiger partial charge in [-0.1, -0.05) is 0 Å². The SMILES string of the molecule is Cc1cc(N(CC2CCNCC2)C(C)C)ncn1. The highest BCUT2D eigenvalue weighted by Gasteiger charge is 2.20. The van der Waals surface area contributed by atoms with Gasteiger partial charge in [-0.25, -0.2) is 9.97 Å². The molecule has 0 saturated carbocycles. The molecule has 2 rings (SSSR count). The monoisotopic (exact) mass is 248 g/mol. The lowest BCUT2D eigenvalue weighted by molar-refractivity contribution is 0.367. The summed E-state index contributed by atoms with van der Waals surface area (Å²) in [4.78, 5) is 11.0. The van der Waals surface area contributed by atoms with Crippen molar-refractivity contribution >= 4 is 5.82 Å². The highest BCUT2D eigenvalue weighted by Crippen LogP contribution is 2.20. The maximum absolute atomic E-state index is 4.43. The lowest BCUT2D eigenvalue weighted by Gasteiger charge is -2.33. The first-order valence-corrected chi connectivity index (χ1v) is 6.93. The molecule has 0 unspecified atom stereocenters. The fourth-order valence-electron chi connectivity index (χ4n) is 2.51. The van der Waals surface area contributed by atoms with E-state index in [0.29, 0.717) is 6.04 Å². The second-order valence-corrected chi connectivity index (χ2v) is 5.46. The fraction of sp³-hybridized carbons (Fsp3) is 0.714. The van der Waals surface area contributed by atoms with Crippen molar-refractivity contribution in [2.24, 2.45) is 5.92 Å². The van der Waals surface area contributed by atoms with E-state index in [4.69, 9.17) is 0 Å². The van der Waals surface area contributed by atoms with E-state index in [1.165, 1.54) is 12.8 Å². The minimum atomic E-state index is 0.481. The molecule has 4 nitrogen and oxygen atoms in total. The lowest BCUT2D eigenvalue weighted by Crippen LogP contribution is -2.40. The predicted molar refractivity (Wildman–Crippen MR) is 74.8 cm³/mol. The van der Waals surface area contributed by atoms with Gasteiger partial charge < -0.3 is 10.2 Å². The molecule has 1 aromatic rings. The van der Waals surface area contributed by atoms with Crippen molar-refractivity contribution in [3.05, 3.63) is 18.1 Å². The van der Waals surface area contributed by atoms with Crippen molar-refractivity contribution < 1.29 is 0 Å². The van der Waals surface area contributed by atoms with Crippen LogP contribution in [0.3, 0.4) is 0 Å². The fourth-order valence-corrected chi connectivity index (χ4v) is 2.51. The maximum atomic E-state index is 4.43. The molecule has 18 heavy (non-hydrogen) atoms. The van der Waals surface area contributed by atoms with Gasteiger partial charge in [0, 0.05) is 24.3 Å². The Hall–Kier alpha value is -1.16. The number of piperidine rings is 1. The van der Waals surface area contributed by atoms with E-state index in [0.717, 1.165) is 37.1 Å². The predicted octanol–water partition coefficient (Wildman–Crippen LogP) is 2.00. The maximum Gasteiger partial charge on any atom is 0.132 e. The van der Waals surface area contributed by atoms with E-state index in [-0.39, 0.29) is 0 Å². The summed E-state index contributed by atoms with van der Waals surface area (Å²) >= 11 is 0. The minimum Gasteiger partial charge on any atom is -0.354 e. The summed E-state index contributed by atoms with van der Waals surface area (Å²) in [7, 11) is 0. The molecule has 0 amide bonds. The van der Waals surface area contributed by atoms with Gasteiger partial charge in [-0.15, -0.1) is 0 Å². The zero-order valence-electron chi connectivity index (χ0n) is 11.7. The van der Waals surface area contributed by atoms with E-state index in [1.54, 1.807) is 6.33 Å². The molecule has 0 aromatic carbocycles. The first kappa shape index (κ1) is 13.3. The van der Waals surface area contributed by atoms with Crippen molar-refractivity contribution in [3.8, 4) is 0 Å². The van der Waals surface area contributed by atoms with Gasteiger partial charge >= 0.3 is 0 Å². The molecule has 1 saturated heterocycles. The van der Waals surface area contributed by atoms with Crippen molar-refractivity contribution in [1.29, 1.82) is 0 Å². The summed E-state index contributed by atoms with van der Waals surface area (Å²) in [5, 5.41) is 3.42. The Morgan fingerprint density at radius 2 is 2.06 bits per heavy atom. The molecule has 4 heteroatoms. The van der Waals surface area contributed by atoms with Crippen LogP contribution in [0.5, 0.6) is 0 Å². The molecule has 1 aliphatic rings. The van der Waals surface area contributed by atoms with Crippen LogP contribution in [0.15, 0.2) is 12.4 Å². The van der Waals surface area contributed by atoms with Gasteiger partial charge in [0.05, 0.1) is 0 Å². The summed E-state index contributed by atoms with van der Waals surface area (Å²) in [6, 6.07) is 2.57. The largest absolute Gasteiger partial charge is 0.354 e. The zero-order valence-corrected chi connectivity index (χ0v) is 11.7. The minimum absolute atomic E-state index is 0.481. The number of nitrogens with zero attached hydrogens (tertiary/aromatic N) is 3. The number of aromatic nitrogens is 2. The third kappa shape index (κ3) is 3.42. The average molecular weight is 248 g/mol. The van der Waals surface area contributed by atoms with E-state index < -0.39 is 0 Å². The summed E-state index contributed by atoms with van der Waals surface area (Å²) < 4.78 is 0. The Balaban J connectivity index is 2.07. The van der Waals surface area contributed by atoms with Gasteiger partial charge in [-0.2, -0.15) is 0 Å². The van der Waals surface area contributed by atoms with Crippen molar-refractivity contribution in [2.45, 2.75) is 39.7 Å². The van der Waals surface area contributed by atoms with Gasteiger partial charge in [-0.05, 0) is 52.6 Å². The second-order valence-electron chi connectivity index (χ2n) is 5.46. The molecule has 1 aromatic heterocycles. The number of hydrogen-bond acceptors (Lipinski definition) is 4. The standard InChI is InChI=1S/C14H24N4/c1-11(2)18(9-13-4-6-15-7-5-13)14-8-12(3)16-10-17-14/h8,10-11,13,15H,4-7,9H2,1-3H3. The number of nitrogens with one attached hydrogen (secondary N) is 1. The van der Waals surface area contributed by atoms with Gasteiger partial charge in [0.2, 0.25) is 0 Å². The Morgan fingerprint density at radius 1 is 1.33 bits per heavy atom. The molecule has 0 aliphatic carbocycles. The summed E-state index contributed by atoms with van der Waals surface area (Å²) in [6.45, 7) is 9.90. The van der Waals surface area contributed by atoms with Crippen LogP contribution in [0.1, 0.15) is 32.4 Å². The quantitative estimate of drug-likeness (QED) is 0.885. The smallest absolute Gasteiger partial charge is 0.132 e. The van der Waals surface area contributed by atoms with Crippen LogP contribution >= 0.6 is 0 Å². The third-order valence-corrected chi connectivity index (χ3v) is 3.62. The second kappa shape index (κ2) is 6.14. The highest BCUT2D eigenvalue weighted by molar-refractivity contribution is 5.39. The summed E-state index contributed by atoms with van der Waals surface area (Å²) in [5.41, 5.74) is 1.04. The number of aryl methyl sites for hydroxylation is 1. The van der Waals surface area contributed by atoms with Crippen molar-refractivity contribution in [3.63, 3.8) is 0 Å². The Kier molecular flexibility index (Phi) is 4.53.